The summed E-state index contributed by atoms with van der Waals surface area (Å²) >= 11 is 6.33. The molecular formula is C18H21ClFN. The number of benzene rings is 2. The van der Waals surface area contributed by atoms with E-state index in [-0.39, 0.29) is 11.7 Å². The van der Waals surface area contributed by atoms with Gasteiger partial charge >= 0.3 is 0 Å². The second-order valence-corrected chi connectivity index (χ2v) is 6.02. The van der Waals surface area contributed by atoms with Crippen molar-refractivity contribution in [3.05, 3.63) is 70.5 Å². The standard InChI is InChI=1S/C18H21ClFN/c1-13(2)21-12-15(17-8-3-4-9-18(17)19)10-14-6-5-7-16(20)11-14/h3-9,11,13,15,21H,10,12H2,1-2H3. The summed E-state index contributed by atoms with van der Waals surface area (Å²) in [6.45, 7) is 5.05. The van der Waals surface area contributed by atoms with Crippen LogP contribution in [0.3, 0.4) is 0 Å². The molecule has 1 nitrogen and oxygen atoms in total. The lowest BCUT2D eigenvalue weighted by Gasteiger charge is -2.21. The van der Waals surface area contributed by atoms with Crippen molar-refractivity contribution >= 4 is 11.6 Å². The maximum Gasteiger partial charge on any atom is 0.123 e. The van der Waals surface area contributed by atoms with Gasteiger partial charge in [0, 0.05) is 23.5 Å². The van der Waals surface area contributed by atoms with Gasteiger partial charge in [-0.25, -0.2) is 4.39 Å². The molecule has 2 aromatic carbocycles. The second-order valence-electron chi connectivity index (χ2n) is 5.62. The Kier molecular flexibility index (Phi) is 5.77. The van der Waals surface area contributed by atoms with E-state index in [2.05, 4.69) is 19.2 Å². The lowest BCUT2D eigenvalue weighted by molar-refractivity contribution is 0.525. The van der Waals surface area contributed by atoms with E-state index in [9.17, 15) is 4.39 Å². The largest absolute Gasteiger partial charge is 0.314 e. The zero-order valence-electron chi connectivity index (χ0n) is 12.4. The minimum atomic E-state index is -0.192. The Hall–Kier alpha value is -1.38. The molecule has 2 aromatic rings. The highest BCUT2D eigenvalue weighted by atomic mass is 35.5. The molecule has 0 fully saturated rings. The molecule has 21 heavy (non-hydrogen) atoms. The molecule has 0 amide bonds. The quantitative estimate of drug-likeness (QED) is 0.808. The fourth-order valence-corrected chi connectivity index (χ4v) is 2.71. The van der Waals surface area contributed by atoms with Crippen LogP contribution >= 0.6 is 11.6 Å². The van der Waals surface area contributed by atoms with Crippen LogP contribution < -0.4 is 5.32 Å². The van der Waals surface area contributed by atoms with E-state index >= 15 is 0 Å². The molecule has 1 unspecified atom stereocenters. The summed E-state index contributed by atoms with van der Waals surface area (Å²) in [5.74, 6) is 0.0325. The van der Waals surface area contributed by atoms with Crippen LogP contribution in [0, 0.1) is 5.82 Å². The van der Waals surface area contributed by atoms with Crippen molar-refractivity contribution in [2.75, 3.05) is 6.54 Å². The van der Waals surface area contributed by atoms with Crippen LogP contribution in [0.15, 0.2) is 48.5 Å². The van der Waals surface area contributed by atoms with Crippen LogP contribution in [0.1, 0.15) is 30.9 Å². The average molecular weight is 306 g/mol. The van der Waals surface area contributed by atoms with Crippen molar-refractivity contribution in [3.63, 3.8) is 0 Å². The molecule has 0 radical (unpaired) electrons. The monoisotopic (exact) mass is 305 g/mol. The summed E-state index contributed by atoms with van der Waals surface area (Å²) < 4.78 is 13.4. The number of hydrogen-bond donors (Lipinski definition) is 1. The summed E-state index contributed by atoms with van der Waals surface area (Å²) in [6.07, 6.45) is 0.765. The highest BCUT2D eigenvalue weighted by molar-refractivity contribution is 6.31. The minimum Gasteiger partial charge on any atom is -0.314 e. The third-order valence-electron chi connectivity index (χ3n) is 3.49. The fourth-order valence-electron chi connectivity index (χ4n) is 2.42. The van der Waals surface area contributed by atoms with Gasteiger partial charge in [0.1, 0.15) is 5.82 Å². The zero-order chi connectivity index (χ0) is 15.2. The first kappa shape index (κ1) is 16.0. The molecule has 0 saturated heterocycles. The van der Waals surface area contributed by atoms with Crippen LogP contribution in [-0.2, 0) is 6.42 Å². The van der Waals surface area contributed by atoms with E-state index in [4.69, 9.17) is 11.6 Å². The maximum atomic E-state index is 13.4. The molecule has 0 saturated carbocycles. The Morgan fingerprint density at radius 2 is 1.86 bits per heavy atom. The number of hydrogen-bond acceptors (Lipinski definition) is 1. The topological polar surface area (TPSA) is 12.0 Å². The van der Waals surface area contributed by atoms with Crippen molar-refractivity contribution in [1.82, 2.24) is 5.32 Å². The Morgan fingerprint density at radius 1 is 1.10 bits per heavy atom. The summed E-state index contributed by atoms with van der Waals surface area (Å²) in [5, 5.41) is 4.22. The van der Waals surface area contributed by atoms with Gasteiger partial charge in [-0.3, -0.25) is 0 Å². The molecule has 1 N–H and O–H groups in total. The van der Waals surface area contributed by atoms with E-state index in [0.717, 1.165) is 29.1 Å². The average Bonchev–Trinajstić information content (AvgIpc) is 2.44. The van der Waals surface area contributed by atoms with E-state index in [1.165, 1.54) is 6.07 Å². The van der Waals surface area contributed by atoms with Crippen LogP contribution in [0.4, 0.5) is 4.39 Å². The van der Waals surface area contributed by atoms with Crippen LogP contribution in [-0.4, -0.2) is 12.6 Å². The molecule has 0 spiro atoms. The van der Waals surface area contributed by atoms with E-state index in [1.807, 2.05) is 30.3 Å². The molecule has 2 rings (SSSR count). The van der Waals surface area contributed by atoms with Gasteiger partial charge in [-0.1, -0.05) is 55.8 Å². The molecule has 3 heteroatoms. The third-order valence-corrected chi connectivity index (χ3v) is 3.83. The van der Waals surface area contributed by atoms with Gasteiger partial charge in [-0.2, -0.15) is 0 Å². The number of rotatable bonds is 6. The number of nitrogens with one attached hydrogen (secondary N) is 1. The molecule has 0 aliphatic heterocycles. The zero-order valence-corrected chi connectivity index (χ0v) is 13.2. The lowest BCUT2D eigenvalue weighted by Crippen LogP contribution is -2.29. The lowest BCUT2D eigenvalue weighted by atomic mass is 9.91. The summed E-state index contributed by atoms with van der Waals surface area (Å²) in [6, 6.07) is 15.1. The summed E-state index contributed by atoms with van der Waals surface area (Å²) in [7, 11) is 0. The van der Waals surface area contributed by atoms with Crippen molar-refractivity contribution < 1.29 is 4.39 Å². The Morgan fingerprint density at radius 3 is 2.52 bits per heavy atom. The van der Waals surface area contributed by atoms with Gasteiger partial charge in [0.15, 0.2) is 0 Å². The smallest absolute Gasteiger partial charge is 0.123 e. The van der Waals surface area contributed by atoms with Crippen molar-refractivity contribution in [2.45, 2.75) is 32.2 Å². The van der Waals surface area contributed by atoms with Crippen molar-refractivity contribution in [3.8, 4) is 0 Å². The summed E-state index contributed by atoms with van der Waals surface area (Å²) in [5.41, 5.74) is 2.10. The molecule has 0 aliphatic carbocycles. The highest BCUT2D eigenvalue weighted by Gasteiger charge is 2.16. The summed E-state index contributed by atoms with van der Waals surface area (Å²) in [4.78, 5) is 0. The SMILES string of the molecule is CC(C)NCC(Cc1cccc(F)c1)c1ccccc1Cl. The Labute approximate surface area is 131 Å². The molecule has 112 valence electrons. The van der Waals surface area contributed by atoms with Gasteiger partial charge < -0.3 is 5.32 Å². The minimum absolute atomic E-state index is 0.192. The Bertz CT molecular complexity index is 583. The van der Waals surface area contributed by atoms with Gasteiger partial charge in [0.25, 0.3) is 0 Å². The van der Waals surface area contributed by atoms with Crippen molar-refractivity contribution in [1.29, 1.82) is 0 Å². The van der Waals surface area contributed by atoms with Crippen molar-refractivity contribution in [2.24, 2.45) is 0 Å². The first-order chi connectivity index (χ1) is 10.1. The van der Waals surface area contributed by atoms with Gasteiger partial charge in [-0.15, -0.1) is 0 Å². The molecule has 0 aliphatic rings. The van der Waals surface area contributed by atoms with Crippen LogP contribution in [0.2, 0.25) is 5.02 Å². The first-order valence-corrected chi connectivity index (χ1v) is 7.66. The third kappa shape index (κ3) is 4.83. The molecule has 1 atom stereocenters. The van der Waals surface area contributed by atoms with Gasteiger partial charge in [0.2, 0.25) is 0 Å². The fraction of sp³-hybridized carbons (Fsp3) is 0.333. The normalized spacial score (nSPS) is 12.6. The van der Waals surface area contributed by atoms with Gasteiger partial charge in [0.05, 0.1) is 0 Å². The van der Waals surface area contributed by atoms with Gasteiger partial charge in [-0.05, 0) is 35.7 Å². The molecule has 0 aromatic heterocycles. The molecular weight excluding hydrogens is 285 g/mol. The van der Waals surface area contributed by atoms with E-state index in [0.29, 0.717) is 6.04 Å². The highest BCUT2D eigenvalue weighted by Crippen LogP contribution is 2.27. The van der Waals surface area contributed by atoms with Crippen LogP contribution in [0.25, 0.3) is 0 Å². The van der Waals surface area contributed by atoms with E-state index in [1.54, 1.807) is 12.1 Å². The second kappa shape index (κ2) is 7.58. The predicted molar refractivity (Wildman–Crippen MR) is 87.4 cm³/mol. The Balaban J connectivity index is 2.22. The first-order valence-electron chi connectivity index (χ1n) is 7.28. The van der Waals surface area contributed by atoms with Crippen LogP contribution in [0.5, 0.6) is 0 Å². The molecule has 0 bridgehead atoms. The maximum absolute atomic E-state index is 13.4. The molecule has 0 heterocycles. The van der Waals surface area contributed by atoms with E-state index < -0.39 is 0 Å². The number of halogens is 2. The predicted octanol–water partition coefficient (Wildman–Crippen LogP) is 4.80.